The number of aliphatic hydroxyl groups is 1. The van der Waals surface area contributed by atoms with Gasteiger partial charge in [0, 0.05) is 11.6 Å². The fourth-order valence-corrected chi connectivity index (χ4v) is 2.13. The monoisotopic (exact) mass is 228 g/mol. The van der Waals surface area contributed by atoms with Crippen LogP contribution in [0.25, 0.3) is 0 Å². The first-order valence-electron chi connectivity index (χ1n) is 5.47. The summed E-state index contributed by atoms with van der Waals surface area (Å²) in [4.78, 5) is 0. The van der Waals surface area contributed by atoms with E-state index < -0.39 is 6.10 Å². The molecule has 86 valence electrons. The normalized spacial score (nSPS) is 17.6. The summed E-state index contributed by atoms with van der Waals surface area (Å²) in [5.41, 5.74) is 2.51. The van der Waals surface area contributed by atoms with Crippen molar-refractivity contribution in [3.05, 3.63) is 59.2 Å². The van der Waals surface area contributed by atoms with E-state index in [9.17, 15) is 10.2 Å². The van der Waals surface area contributed by atoms with Crippen molar-refractivity contribution in [2.24, 2.45) is 0 Å². The van der Waals surface area contributed by atoms with Gasteiger partial charge in [-0.2, -0.15) is 0 Å². The Bertz CT molecular complexity index is 563. The fourth-order valence-electron chi connectivity index (χ4n) is 2.13. The minimum absolute atomic E-state index is 0.141. The van der Waals surface area contributed by atoms with E-state index in [1.165, 1.54) is 6.07 Å². The van der Waals surface area contributed by atoms with Crippen LogP contribution in [0.3, 0.4) is 0 Å². The SMILES string of the molecule is Oc1ccc2c(c1)OCc1ccccc1C2O. The lowest BCUT2D eigenvalue weighted by Gasteiger charge is -2.12. The summed E-state index contributed by atoms with van der Waals surface area (Å²) < 4.78 is 5.61. The zero-order valence-corrected chi connectivity index (χ0v) is 9.13. The van der Waals surface area contributed by atoms with Gasteiger partial charge in [-0.3, -0.25) is 0 Å². The second-order valence-electron chi connectivity index (χ2n) is 4.11. The Balaban J connectivity index is 2.16. The zero-order valence-electron chi connectivity index (χ0n) is 9.13. The van der Waals surface area contributed by atoms with E-state index in [-0.39, 0.29) is 5.75 Å². The van der Waals surface area contributed by atoms with Gasteiger partial charge in [0.05, 0.1) is 0 Å². The molecule has 1 atom stereocenters. The Morgan fingerprint density at radius 1 is 1.06 bits per heavy atom. The molecule has 0 bridgehead atoms. The number of phenols is 1. The molecule has 1 aliphatic heterocycles. The molecule has 1 aliphatic rings. The zero-order chi connectivity index (χ0) is 11.8. The quantitative estimate of drug-likeness (QED) is 0.727. The standard InChI is InChI=1S/C14H12O3/c15-10-5-6-12-13(7-10)17-8-9-3-1-2-4-11(9)14(12)16/h1-7,14-16H,8H2. The molecule has 0 saturated heterocycles. The minimum atomic E-state index is -0.704. The van der Waals surface area contributed by atoms with E-state index in [4.69, 9.17) is 4.74 Å². The van der Waals surface area contributed by atoms with E-state index in [1.807, 2.05) is 24.3 Å². The fraction of sp³-hybridized carbons (Fsp3) is 0.143. The lowest BCUT2D eigenvalue weighted by Crippen LogP contribution is -2.00. The number of benzene rings is 2. The van der Waals surface area contributed by atoms with Crippen molar-refractivity contribution < 1.29 is 14.9 Å². The second-order valence-corrected chi connectivity index (χ2v) is 4.11. The lowest BCUT2D eigenvalue weighted by atomic mass is 9.97. The highest BCUT2D eigenvalue weighted by molar-refractivity contribution is 5.47. The van der Waals surface area contributed by atoms with Gasteiger partial charge in [-0.05, 0) is 23.3 Å². The molecule has 0 aliphatic carbocycles. The Labute approximate surface area is 98.9 Å². The third-order valence-electron chi connectivity index (χ3n) is 3.02. The first-order chi connectivity index (χ1) is 8.25. The van der Waals surface area contributed by atoms with Crippen molar-refractivity contribution in [1.82, 2.24) is 0 Å². The number of aromatic hydroxyl groups is 1. The second kappa shape index (κ2) is 3.79. The van der Waals surface area contributed by atoms with E-state index in [2.05, 4.69) is 0 Å². The molecule has 0 radical (unpaired) electrons. The van der Waals surface area contributed by atoms with E-state index in [1.54, 1.807) is 12.1 Å². The lowest BCUT2D eigenvalue weighted by molar-refractivity contribution is 0.218. The van der Waals surface area contributed by atoms with Crippen LogP contribution in [0.5, 0.6) is 11.5 Å². The van der Waals surface area contributed by atoms with Gasteiger partial charge in [0.1, 0.15) is 24.2 Å². The highest BCUT2D eigenvalue weighted by Gasteiger charge is 2.22. The van der Waals surface area contributed by atoms with Crippen molar-refractivity contribution in [3.8, 4) is 11.5 Å². The van der Waals surface area contributed by atoms with Crippen LogP contribution in [0.2, 0.25) is 0 Å². The van der Waals surface area contributed by atoms with Crippen LogP contribution in [-0.4, -0.2) is 10.2 Å². The van der Waals surface area contributed by atoms with Crippen molar-refractivity contribution >= 4 is 0 Å². The van der Waals surface area contributed by atoms with Gasteiger partial charge in [0.25, 0.3) is 0 Å². The third-order valence-corrected chi connectivity index (χ3v) is 3.02. The summed E-state index contributed by atoms with van der Waals surface area (Å²) in [7, 11) is 0. The van der Waals surface area contributed by atoms with Crippen molar-refractivity contribution in [3.63, 3.8) is 0 Å². The summed E-state index contributed by atoms with van der Waals surface area (Å²) in [6, 6.07) is 12.4. The Morgan fingerprint density at radius 3 is 2.76 bits per heavy atom. The maximum absolute atomic E-state index is 10.3. The molecule has 3 nitrogen and oxygen atoms in total. The number of rotatable bonds is 0. The summed E-state index contributed by atoms with van der Waals surface area (Å²) in [6.45, 7) is 0.406. The third kappa shape index (κ3) is 1.65. The highest BCUT2D eigenvalue weighted by atomic mass is 16.5. The van der Waals surface area contributed by atoms with Gasteiger partial charge >= 0.3 is 0 Å². The summed E-state index contributed by atoms with van der Waals surface area (Å²) >= 11 is 0. The van der Waals surface area contributed by atoms with Crippen LogP contribution in [0.1, 0.15) is 22.8 Å². The molecule has 2 aromatic carbocycles. The van der Waals surface area contributed by atoms with Crippen molar-refractivity contribution in [1.29, 1.82) is 0 Å². The molecule has 2 aromatic rings. The molecule has 0 aromatic heterocycles. The van der Waals surface area contributed by atoms with Gasteiger partial charge < -0.3 is 14.9 Å². The summed E-state index contributed by atoms with van der Waals surface area (Å²) in [6.07, 6.45) is -0.704. The molecule has 1 heterocycles. The smallest absolute Gasteiger partial charge is 0.129 e. The molecule has 3 heteroatoms. The molecule has 0 amide bonds. The van der Waals surface area contributed by atoms with Crippen molar-refractivity contribution in [2.75, 3.05) is 0 Å². The van der Waals surface area contributed by atoms with Gasteiger partial charge in [-0.1, -0.05) is 24.3 Å². The molecular weight excluding hydrogens is 216 g/mol. The first-order valence-corrected chi connectivity index (χ1v) is 5.47. The van der Waals surface area contributed by atoms with Gasteiger partial charge in [0.15, 0.2) is 0 Å². The van der Waals surface area contributed by atoms with Crippen LogP contribution >= 0.6 is 0 Å². The Hall–Kier alpha value is -2.00. The van der Waals surface area contributed by atoms with Gasteiger partial charge in [-0.25, -0.2) is 0 Å². The minimum Gasteiger partial charge on any atom is -0.508 e. The molecule has 1 unspecified atom stereocenters. The summed E-state index contributed by atoms with van der Waals surface area (Å²) in [5, 5.41) is 19.7. The van der Waals surface area contributed by atoms with Crippen LogP contribution in [-0.2, 0) is 6.61 Å². The topological polar surface area (TPSA) is 49.7 Å². The Morgan fingerprint density at radius 2 is 1.88 bits per heavy atom. The summed E-state index contributed by atoms with van der Waals surface area (Å²) in [5.74, 6) is 0.676. The average molecular weight is 228 g/mol. The number of phenolic OH excluding ortho intramolecular Hbond substituents is 1. The maximum Gasteiger partial charge on any atom is 0.129 e. The number of aliphatic hydroxyl groups excluding tert-OH is 1. The van der Waals surface area contributed by atoms with Crippen LogP contribution in [0.15, 0.2) is 42.5 Å². The molecular formula is C14H12O3. The van der Waals surface area contributed by atoms with E-state index in [0.29, 0.717) is 17.9 Å². The first kappa shape index (κ1) is 10.2. The van der Waals surface area contributed by atoms with E-state index >= 15 is 0 Å². The largest absolute Gasteiger partial charge is 0.508 e. The van der Waals surface area contributed by atoms with Gasteiger partial charge in [-0.15, -0.1) is 0 Å². The number of hydrogen-bond acceptors (Lipinski definition) is 3. The highest BCUT2D eigenvalue weighted by Crippen LogP contribution is 2.37. The Kier molecular flexibility index (Phi) is 2.27. The molecule has 3 rings (SSSR count). The molecule has 17 heavy (non-hydrogen) atoms. The van der Waals surface area contributed by atoms with E-state index in [0.717, 1.165) is 11.1 Å². The molecule has 0 fully saturated rings. The van der Waals surface area contributed by atoms with Crippen LogP contribution in [0, 0.1) is 0 Å². The number of fused-ring (bicyclic) bond motifs is 2. The van der Waals surface area contributed by atoms with Gasteiger partial charge in [0.2, 0.25) is 0 Å². The number of hydrogen-bond donors (Lipinski definition) is 2. The number of ether oxygens (including phenoxy) is 1. The predicted octanol–water partition coefficient (Wildman–Crippen LogP) is 2.37. The molecule has 0 spiro atoms. The van der Waals surface area contributed by atoms with Crippen LogP contribution in [0.4, 0.5) is 0 Å². The van der Waals surface area contributed by atoms with Crippen molar-refractivity contribution in [2.45, 2.75) is 12.7 Å². The average Bonchev–Trinajstić information content (AvgIpc) is 2.48. The molecule has 0 saturated carbocycles. The van der Waals surface area contributed by atoms with Crippen LogP contribution < -0.4 is 4.74 Å². The maximum atomic E-state index is 10.3. The molecule has 2 N–H and O–H groups in total. The predicted molar refractivity (Wildman–Crippen MR) is 62.9 cm³/mol.